The van der Waals surface area contributed by atoms with Gasteiger partial charge in [0.1, 0.15) is 5.82 Å². The van der Waals surface area contributed by atoms with Crippen molar-refractivity contribution in [1.29, 1.82) is 0 Å². The number of aromatic nitrogens is 4. The number of hydrogen-bond acceptors (Lipinski definition) is 8. The van der Waals surface area contributed by atoms with Crippen LogP contribution in [0, 0.1) is 0 Å². The highest BCUT2D eigenvalue weighted by molar-refractivity contribution is 5.91. The zero-order chi connectivity index (χ0) is 17.1. The largest absolute Gasteiger partial charge is 0.493 e. The van der Waals surface area contributed by atoms with E-state index < -0.39 is 0 Å². The Morgan fingerprint density at radius 2 is 1.83 bits per heavy atom. The van der Waals surface area contributed by atoms with Gasteiger partial charge in [-0.1, -0.05) is 0 Å². The topological polar surface area (TPSA) is 99.3 Å². The third-order valence-corrected chi connectivity index (χ3v) is 3.58. The first-order valence-corrected chi connectivity index (χ1v) is 7.27. The summed E-state index contributed by atoms with van der Waals surface area (Å²) >= 11 is 0. The Bertz CT molecular complexity index is 856. The minimum absolute atomic E-state index is 0.377. The average molecular weight is 326 g/mol. The zero-order valence-electron chi connectivity index (χ0n) is 13.7. The number of nitrogens with zero attached hydrogens (tertiary/aromatic N) is 5. The van der Waals surface area contributed by atoms with Gasteiger partial charge in [-0.05, 0) is 6.07 Å². The van der Waals surface area contributed by atoms with Crippen LogP contribution in [0.1, 0.15) is 5.69 Å². The predicted octanol–water partition coefficient (Wildman–Crippen LogP) is 1.66. The van der Waals surface area contributed by atoms with Crippen LogP contribution in [0.25, 0.3) is 10.9 Å². The molecule has 3 aromatic rings. The number of methoxy groups -OCH3 is 2. The SMILES string of the molecule is COc1cc2nc(N(C)Cc3cnccn3)nc(N)c2cc1OC. The van der Waals surface area contributed by atoms with Gasteiger partial charge in [-0.3, -0.25) is 9.97 Å². The van der Waals surface area contributed by atoms with Gasteiger partial charge in [0.15, 0.2) is 11.5 Å². The summed E-state index contributed by atoms with van der Waals surface area (Å²) in [6.07, 6.45) is 4.98. The van der Waals surface area contributed by atoms with E-state index in [-0.39, 0.29) is 0 Å². The van der Waals surface area contributed by atoms with Crippen molar-refractivity contribution in [1.82, 2.24) is 19.9 Å². The number of rotatable bonds is 5. The van der Waals surface area contributed by atoms with Crippen LogP contribution in [-0.2, 0) is 6.54 Å². The molecule has 0 bridgehead atoms. The first-order chi connectivity index (χ1) is 11.6. The number of anilines is 2. The summed E-state index contributed by atoms with van der Waals surface area (Å²) in [5, 5.41) is 0.712. The van der Waals surface area contributed by atoms with Gasteiger partial charge in [0.2, 0.25) is 5.95 Å². The molecule has 3 rings (SSSR count). The molecule has 2 heterocycles. The van der Waals surface area contributed by atoms with Crippen LogP contribution in [0.5, 0.6) is 11.5 Å². The van der Waals surface area contributed by atoms with E-state index in [9.17, 15) is 0 Å². The molecular weight excluding hydrogens is 308 g/mol. The Morgan fingerprint density at radius 1 is 1.08 bits per heavy atom. The van der Waals surface area contributed by atoms with E-state index in [1.54, 1.807) is 44.9 Å². The van der Waals surface area contributed by atoms with Gasteiger partial charge < -0.3 is 20.1 Å². The number of ether oxygens (including phenoxy) is 2. The highest BCUT2D eigenvalue weighted by Crippen LogP contribution is 2.34. The molecule has 2 N–H and O–H groups in total. The van der Waals surface area contributed by atoms with Gasteiger partial charge in [-0.15, -0.1) is 0 Å². The fraction of sp³-hybridized carbons (Fsp3) is 0.250. The maximum atomic E-state index is 6.10. The minimum atomic E-state index is 0.377. The Hall–Kier alpha value is -3.16. The lowest BCUT2D eigenvalue weighted by Crippen LogP contribution is -2.20. The van der Waals surface area contributed by atoms with Crippen molar-refractivity contribution < 1.29 is 9.47 Å². The fourth-order valence-electron chi connectivity index (χ4n) is 2.36. The number of nitrogens with two attached hydrogens (primary N) is 1. The molecule has 0 fully saturated rings. The summed E-state index contributed by atoms with van der Waals surface area (Å²) in [4.78, 5) is 19.1. The minimum Gasteiger partial charge on any atom is -0.493 e. The molecule has 0 saturated carbocycles. The monoisotopic (exact) mass is 326 g/mol. The summed E-state index contributed by atoms with van der Waals surface area (Å²) in [7, 11) is 5.02. The van der Waals surface area contributed by atoms with Crippen molar-refractivity contribution in [3.05, 3.63) is 36.4 Å². The second kappa shape index (κ2) is 6.53. The van der Waals surface area contributed by atoms with Crippen LogP contribution in [-0.4, -0.2) is 41.2 Å². The number of benzene rings is 1. The van der Waals surface area contributed by atoms with E-state index in [2.05, 4.69) is 19.9 Å². The molecule has 0 radical (unpaired) electrons. The zero-order valence-corrected chi connectivity index (χ0v) is 13.7. The molecule has 0 aliphatic rings. The van der Waals surface area contributed by atoms with Gasteiger partial charge in [-0.2, -0.15) is 4.98 Å². The molecule has 0 atom stereocenters. The molecular formula is C16H18N6O2. The smallest absolute Gasteiger partial charge is 0.227 e. The average Bonchev–Trinajstić information content (AvgIpc) is 2.61. The van der Waals surface area contributed by atoms with Gasteiger partial charge in [0, 0.05) is 30.9 Å². The Kier molecular flexibility index (Phi) is 4.28. The Balaban J connectivity index is 2.00. The molecule has 0 spiro atoms. The normalized spacial score (nSPS) is 10.6. The van der Waals surface area contributed by atoms with E-state index >= 15 is 0 Å². The molecule has 0 amide bonds. The Labute approximate surface area is 139 Å². The first kappa shape index (κ1) is 15.7. The number of hydrogen-bond donors (Lipinski definition) is 1. The lowest BCUT2D eigenvalue weighted by atomic mass is 10.2. The first-order valence-electron chi connectivity index (χ1n) is 7.27. The van der Waals surface area contributed by atoms with Crippen LogP contribution in [0.4, 0.5) is 11.8 Å². The van der Waals surface area contributed by atoms with Crippen molar-refractivity contribution in [3.63, 3.8) is 0 Å². The van der Waals surface area contributed by atoms with Crippen LogP contribution >= 0.6 is 0 Å². The van der Waals surface area contributed by atoms with Crippen molar-refractivity contribution in [3.8, 4) is 11.5 Å². The second-order valence-electron chi connectivity index (χ2n) is 5.19. The predicted molar refractivity (Wildman–Crippen MR) is 91.2 cm³/mol. The maximum Gasteiger partial charge on any atom is 0.227 e. The molecule has 24 heavy (non-hydrogen) atoms. The summed E-state index contributed by atoms with van der Waals surface area (Å²) in [5.74, 6) is 2.05. The van der Waals surface area contributed by atoms with Crippen LogP contribution in [0.3, 0.4) is 0 Å². The van der Waals surface area contributed by atoms with Crippen molar-refractivity contribution in [2.24, 2.45) is 0 Å². The molecule has 0 aliphatic heterocycles. The second-order valence-corrected chi connectivity index (χ2v) is 5.19. The maximum absolute atomic E-state index is 6.10. The number of fused-ring (bicyclic) bond motifs is 1. The molecule has 0 saturated heterocycles. The van der Waals surface area contributed by atoms with Gasteiger partial charge in [0.05, 0.1) is 38.2 Å². The van der Waals surface area contributed by atoms with E-state index in [1.165, 1.54) is 0 Å². The van der Waals surface area contributed by atoms with E-state index in [1.807, 2.05) is 11.9 Å². The lowest BCUT2D eigenvalue weighted by molar-refractivity contribution is 0.356. The van der Waals surface area contributed by atoms with E-state index in [0.29, 0.717) is 40.7 Å². The summed E-state index contributed by atoms with van der Waals surface area (Å²) in [6.45, 7) is 0.520. The molecule has 0 aliphatic carbocycles. The van der Waals surface area contributed by atoms with Gasteiger partial charge in [-0.25, -0.2) is 4.98 Å². The third-order valence-electron chi connectivity index (χ3n) is 3.58. The van der Waals surface area contributed by atoms with E-state index in [4.69, 9.17) is 15.2 Å². The summed E-state index contributed by atoms with van der Waals surface area (Å²) in [6, 6.07) is 3.56. The molecule has 8 heteroatoms. The summed E-state index contributed by atoms with van der Waals surface area (Å²) < 4.78 is 10.6. The highest BCUT2D eigenvalue weighted by atomic mass is 16.5. The molecule has 8 nitrogen and oxygen atoms in total. The van der Waals surface area contributed by atoms with Crippen molar-refractivity contribution >= 4 is 22.7 Å². The summed E-state index contributed by atoms with van der Waals surface area (Å²) in [5.41, 5.74) is 7.60. The standard InChI is InChI=1S/C16H18N6O2/c1-22(9-10-8-18-4-5-19-10)16-20-12-7-14(24-3)13(23-2)6-11(12)15(17)21-16/h4-8H,9H2,1-3H3,(H2,17,20,21). The van der Waals surface area contributed by atoms with Gasteiger partial charge in [0.25, 0.3) is 0 Å². The molecule has 1 aromatic carbocycles. The van der Waals surface area contributed by atoms with Crippen molar-refractivity contribution in [2.75, 3.05) is 31.9 Å². The van der Waals surface area contributed by atoms with E-state index in [0.717, 1.165) is 5.69 Å². The molecule has 124 valence electrons. The molecule has 2 aromatic heterocycles. The fourth-order valence-corrected chi connectivity index (χ4v) is 2.36. The third kappa shape index (κ3) is 2.98. The lowest BCUT2D eigenvalue weighted by Gasteiger charge is -2.18. The Morgan fingerprint density at radius 3 is 2.50 bits per heavy atom. The number of nitrogen functional groups attached to an aromatic ring is 1. The van der Waals surface area contributed by atoms with Crippen LogP contribution in [0.15, 0.2) is 30.7 Å². The quantitative estimate of drug-likeness (QED) is 0.755. The highest BCUT2D eigenvalue weighted by Gasteiger charge is 2.14. The van der Waals surface area contributed by atoms with Crippen LogP contribution in [0.2, 0.25) is 0 Å². The van der Waals surface area contributed by atoms with Crippen LogP contribution < -0.4 is 20.1 Å². The van der Waals surface area contributed by atoms with Crippen molar-refractivity contribution in [2.45, 2.75) is 6.54 Å². The molecule has 0 unspecified atom stereocenters. The van der Waals surface area contributed by atoms with Gasteiger partial charge >= 0.3 is 0 Å².